The molecule has 0 N–H and O–H groups in total. The molecule has 3 atom stereocenters. The van der Waals surface area contributed by atoms with E-state index in [1.165, 1.54) is 24.1 Å². The number of likely N-dealkylation sites (tertiary alicyclic amines) is 1. The van der Waals surface area contributed by atoms with Crippen LogP contribution in [0.1, 0.15) is 30.7 Å². The SMILES string of the molecule is COC[C@]1(OC(=O)C(F)(F)F)CCCN1C(=O)C1CC1c1ccc(-c2ccc(F)cc2)nc1. The highest BCUT2D eigenvalue weighted by molar-refractivity contribution is 5.84. The maximum atomic E-state index is 13.2. The summed E-state index contributed by atoms with van der Waals surface area (Å²) in [5.41, 5.74) is 0.457. The lowest BCUT2D eigenvalue weighted by Crippen LogP contribution is -2.55. The predicted octanol–water partition coefficient (Wildman–Crippen LogP) is 4.06. The molecule has 2 aliphatic rings. The smallest absolute Gasteiger partial charge is 0.430 e. The van der Waals surface area contributed by atoms with E-state index in [0.717, 1.165) is 11.1 Å². The normalized spacial score (nSPS) is 24.6. The first-order chi connectivity index (χ1) is 15.6. The summed E-state index contributed by atoms with van der Waals surface area (Å²) in [5.74, 6) is -3.63. The van der Waals surface area contributed by atoms with Gasteiger partial charge in [0.2, 0.25) is 11.6 Å². The number of hydrogen-bond acceptors (Lipinski definition) is 5. The number of amides is 1. The molecule has 2 aromatic rings. The lowest BCUT2D eigenvalue weighted by Gasteiger charge is -2.37. The highest BCUT2D eigenvalue weighted by atomic mass is 19.4. The second-order valence-electron chi connectivity index (χ2n) is 8.29. The van der Waals surface area contributed by atoms with Crippen molar-refractivity contribution in [1.82, 2.24) is 9.88 Å². The van der Waals surface area contributed by atoms with Gasteiger partial charge in [-0.1, -0.05) is 6.07 Å². The van der Waals surface area contributed by atoms with E-state index in [0.29, 0.717) is 18.5 Å². The summed E-state index contributed by atoms with van der Waals surface area (Å²) in [6.07, 6.45) is -2.54. The van der Waals surface area contributed by atoms with Gasteiger partial charge in [0.1, 0.15) is 12.4 Å². The topological polar surface area (TPSA) is 68.7 Å². The van der Waals surface area contributed by atoms with Gasteiger partial charge in [-0.25, -0.2) is 9.18 Å². The molecule has 2 fully saturated rings. The molecule has 1 amide bonds. The average molecular weight is 466 g/mol. The summed E-state index contributed by atoms with van der Waals surface area (Å²) in [5, 5.41) is 0. The number of alkyl halides is 3. The van der Waals surface area contributed by atoms with Gasteiger partial charge in [0, 0.05) is 37.8 Å². The number of halogens is 4. The number of methoxy groups -OCH3 is 1. The first kappa shape index (κ1) is 23.2. The number of ether oxygens (including phenoxy) is 2. The second-order valence-corrected chi connectivity index (χ2v) is 8.29. The van der Waals surface area contributed by atoms with Crippen LogP contribution >= 0.6 is 0 Å². The van der Waals surface area contributed by atoms with Crippen molar-refractivity contribution < 1.29 is 36.6 Å². The predicted molar refractivity (Wildman–Crippen MR) is 108 cm³/mol. The molecule has 1 aliphatic heterocycles. The van der Waals surface area contributed by atoms with Crippen LogP contribution in [0.3, 0.4) is 0 Å². The van der Waals surface area contributed by atoms with Crippen LogP contribution in [-0.2, 0) is 19.1 Å². The number of nitrogens with zero attached hydrogens (tertiary/aromatic N) is 2. The van der Waals surface area contributed by atoms with E-state index in [9.17, 15) is 27.2 Å². The summed E-state index contributed by atoms with van der Waals surface area (Å²) in [7, 11) is 1.28. The molecule has 1 aromatic carbocycles. The van der Waals surface area contributed by atoms with Gasteiger partial charge < -0.3 is 14.4 Å². The molecular formula is C23H22F4N2O4. The van der Waals surface area contributed by atoms with Crippen LogP contribution in [0.5, 0.6) is 0 Å². The molecule has 0 radical (unpaired) electrons. The zero-order valence-corrected chi connectivity index (χ0v) is 17.8. The third kappa shape index (κ3) is 4.71. The fraction of sp³-hybridized carbons (Fsp3) is 0.435. The van der Waals surface area contributed by atoms with Crippen molar-refractivity contribution in [3.8, 4) is 11.3 Å². The summed E-state index contributed by atoms with van der Waals surface area (Å²) < 4.78 is 61.4. The van der Waals surface area contributed by atoms with E-state index in [1.807, 2.05) is 6.07 Å². The zero-order valence-electron chi connectivity index (χ0n) is 17.8. The first-order valence-electron chi connectivity index (χ1n) is 10.5. The number of carbonyl (C=O) groups excluding carboxylic acids is 2. The fourth-order valence-corrected chi connectivity index (χ4v) is 4.36. The Balaban J connectivity index is 1.47. The van der Waals surface area contributed by atoms with E-state index in [2.05, 4.69) is 4.98 Å². The number of aromatic nitrogens is 1. The van der Waals surface area contributed by atoms with Crippen LogP contribution in [0.15, 0.2) is 42.6 Å². The number of benzene rings is 1. The first-order valence-corrected chi connectivity index (χ1v) is 10.5. The Morgan fingerprint density at radius 3 is 2.52 bits per heavy atom. The summed E-state index contributed by atoms with van der Waals surface area (Å²) in [4.78, 5) is 30.3. The van der Waals surface area contributed by atoms with Crippen molar-refractivity contribution in [2.24, 2.45) is 5.92 Å². The summed E-state index contributed by atoms with van der Waals surface area (Å²) in [6, 6.07) is 9.53. The van der Waals surface area contributed by atoms with Crippen LogP contribution < -0.4 is 0 Å². The van der Waals surface area contributed by atoms with Gasteiger partial charge in [0.25, 0.3) is 0 Å². The minimum atomic E-state index is -5.17. The molecular weight excluding hydrogens is 444 g/mol. The van der Waals surface area contributed by atoms with Gasteiger partial charge in [-0.2, -0.15) is 13.2 Å². The van der Waals surface area contributed by atoms with Gasteiger partial charge in [0.15, 0.2) is 0 Å². The van der Waals surface area contributed by atoms with E-state index in [1.54, 1.807) is 24.4 Å². The Morgan fingerprint density at radius 1 is 1.18 bits per heavy atom. The standard InChI is InChI=1S/C23H22F4N2O4/c1-32-13-22(33-21(31)23(25,26)27)9-2-10-29(22)20(30)18-11-17(18)15-5-8-19(28-12-15)14-3-6-16(24)7-4-14/h3-8,12,17-18H,2,9-11,13H2,1H3/t17?,18?,22-/m1/s1. The van der Waals surface area contributed by atoms with Crippen LogP contribution in [-0.4, -0.2) is 53.9 Å². The maximum Gasteiger partial charge on any atom is 0.491 e. The second kappa shape index (κ2) is 8.74. The largest absolute Gasteiger partial charge is 0.491 e. The van der Waals surface area contributed by atoms with Gasteiger partial charge >= 0.3 is 12.1 Å². The molecule has 0 bridgehead atoms. The third-order valence-corrected chi connectivity index (χ3v) is 6.05. The lowest BCUT2D eigenvalue weighted by atomic mass is 10.1. The monoisotopic (exact) mass is 466 g/mol. The van der Waals surface area contributed by atoms with Crippen LogP contribution in [0.2, 0.25) is 0 Å². The average Bonchev–Trinajstić information content (AvgIpc) is 3.48. The Kier molecular flexibility index (Phi) is 6.13. The molecule has 1 saturated carbocycles. The van der Waals surface area contributed by atoms with Crippen LogP contribution in [0, 0.1) is 11.7 Å². The molecule has 4 rings (SSSR count). The molecule has 1 saturated heterocycles. The van der Waals surface area contributed by atoms with E-state index >= 15 is 0 Å². The number of carbonyl (C=O) groups is 2. The fourth-order valence-electron chi connectivity index (χ4n) is 4.36. The minimum absolute atomic E-state index is 0.0692. The molecule has 6 nitrogen and oxygen atoms in total. The van der Waals surface area contributed by atoms with Crippen molar-refractivity contribution >= 4 is 11.9 Å². The van der Waals surface area contributed by atoms with Gasteiger partial charge in [-0.15, -0.1) is 0 Å². The Labute approximate surface area is 187 Å². The highest BCUT2D eigenvalue weighted by Crippen LogP contribution is 2.50. The lowest BCUT2D eigenvalue weighted by molar-refractivity contribution is -0.233. The van der Waals surface area contributed by atoms with Crippen molar-refractivity contribution in [3.05, 3.63) is 54.0 Å². The molecule has 2 heterocycles. The minimum Gasteiger partial charge on any atom is -0.430 e. The zero-order chi connectivity index (χ0) is 23.8. The van der Waals surface area contributed by atoms with Gasteiger partial charge in [-0.3, -0.25) is 9.78 Å². The molecule has 1 aromatic heterocycles. The van der Waals surface area contributed by atoms with E-state index in [-0.39, 0.29) is 37.2 Å². The number of hydrogen-bond donors (Lipinski definition) is 0. The molecule has 1 aliphatic carbocycles. The van der Waals surface area contributed by atoms with E-state index in [4.69, 9.17) is 9.47 Å². The number of rotatable bonds is 6. The molecule has 0 spiro atoms. The van der Waals surface area contributed by atoms with Crippen molar-refractivity contribution in [2.75, 3.05) is 20.3 Å². The molecule has 176 valence electrons. The Hall–Kier alpha value is -3.01. The quantitative estimate of drug-likeness (QED) is 0.475. The Morgan fingerprint density at radius 2 is 1.91 bits per heavy atom. The number of esters is 1. The molecule has 2 unspecified atom stereocenters. The third-order valence-electron chi connectivity index (χ3n) is 6.05. The molecule has 10 heteroatoms. The van der Waals surface area contributed by atoms with Crippen molar-refractivity contribution in [3.63, 3.8) is 0 Å². The Bertz CT molecular complexity index is 1030. The van der Waals surface area contributed by atoms with Crippen LogP contribution in [0.25, 0.3) is 11.3 Å². The van der Waals surface area contributed by atoms with Gasteiger partial charge in [0.05, 0.1) is 5.69 Å². The van der Waals surface area contributed by atoms with E-state index < -0.39 is 23.8 Å². The summed E-state index contributed by atoms with van der Waals surface area (Å²) >= 11 is 0. The summed E-state index contributed by atoms with van der Waals surface area (Å²) in [6.45, 7) is -0.163. The van der Waals surface area contributed by atoms with Crippen molar-refractivity contribution in [2.45, 2.75) is 37.1 Å². The highest BCUT2D eigenvalue weighted by Gasteiger charge is 2.56. The van der Waals surface area contributed by atoms with Crippen LogP contribution in [0.4, 0.5) is 17.6 Å². The molecule has 33 heavy (non-hydrogen) atoms. The van der Waals surface area contributed by atoms with Crippen molar-refractivity contribution in [1.29, 1.82) is 0 Å². The maximum absolute atomic E-state index is 13.2. The number of pyridine rings is 1. The van der Waals surface area contributed by atoms with Gasteiger partial charge in [-0.05, 0) is 54.7 Å².